The van der Waals surface area contributed by atoms with E-state index in [0.717, 1.165) is 23.9 Å². The van der Waals surface area contributed by atoms with Crippen LogP contribution in [0.3, 0.4) is 0 Å². The maximum absolute atomic E-state index is 13.6. The normalized spacial score (nSPS) is 14.5. The second kappa shape index (κ2) is 8.52. The molecule has 1 fully saturated rings. The summed E-state index contributed by atoms with van der Waals surface area (Å²) in [6.07, 6.45) is -0.447. The molecule has 1 N–H and O–H groups in total. The number of hydrogen-bond acceptors (Lipinski definition) is 5. The van der Waals surface area contributed by atoms with Crippen molar-refractivity contribution in [1.29, 1.82) is 0 Å². The molecule has 0 atom stereocenters. The number of halogens is 2. The monoisotopic (exact) mass is 441 g/mol. The number of nitrogens with zero attached hydrogens (tertiary/aromatic N) is 2. The molecular formula is C19H21F2N3O5S. The molecule has 2 aromatic rings. The molecule has 0 spiro atoms. The Morgan fingerprint density at radius 2 is 1.87 bits per heavy atom. The van der Waals surface area contributed by atoms with Gasteiger partial charge >= 0.3 is 0 Å². The summed E-state index contributed by atoms with van der Waals surface area (Å²) in [5.74, 6) is -2.32. The van der Waals surface area contributed by atoms with Crippen molar-refractivity contribution in [3.63, 3.8) is 0 Å². The van der Waals surface area contributed by atoms with Crippen molar-refractivity contribution in [1.82, 2.24) is 14.2 Å². The maximum atomic E-state index is 13.6. The number of rotatable bonds is 7. The number of sulfonamides is 1. The minimum absolute atomic E-state index is 0.174. The zero-order valence-electron chi connectivity index (χ0n) is 16.4. The number of likely N-dealkylation sites (tertiary alicyclic amines) is 1. The van der Waals surface area contributed by atoms with Crippen molar-refractivity contribution in [3.05, 3.63) is 58.0 Å². The average molecular weight is 441 g/mol. The Balaban J connectivity index is 1.48. The Hall–Kier alpha value is -2.79. The smallest absolute Gasteiger partial charge is 0.254 e. The van der Waals surface area contributed by atoms with E-state index in [1.54, 1.807) is 20.0 Å². The number of carbonyl (C=O) groups excluding carboxylic acids is 1. The van der Waals surface area contributed by atoms with E-state index >= 15 is 0 Å². The van der Waals surface area contributed by atoms with Crippen LogP contribution in [0.2, 0.25) is 0 Å². The van der Waals surface area contributed by atoms with E-state index in [-0.39, 0.29) is 30.5 Å². The van der Waals surface area contributed by atoms with E-state index in [4.69, 9.17) is 4.74 Å². The standard InChI is InChI=1S/C19H21F2N3O5S/c1-12-8-13(9-18(26)23(12)2)29-14-10-24(11-14)17(25)6-7-22-30(27,28)19-15(20)4-3-5-16(19)21/h3-5,8-9,14,22H,6-7,10-11H2,1-2H3. The molecular weight excluding hydrogens is 420 g/mol. The summed E-state index contributed by atoms with van der Waals surface area (Å²) in [5, 5.41) is 0. The molecule has 1 amide bonds. The van der Waals surface area contributed by atoms with Gasteiger partial charge in [-0.05, 0) is 25.1 Å². The summed E-state index contributed by atoms with van der Waals surface area (Å²) in [6.45, 7) is 2.06. The third-order valence-corrected chi connectivity index (χ3v) is 6.31. The Labute approximate surface area is 172 Å². The summed E-state index contributed by atoms with van der Waals surface area (Å²) in [7, 11) is -2.77. The lowest BCUT2D eigenvalue weighted by Gasteiger charge is -2.39. The molecule has 2 heterocycles. The molecule has 0 saturated carbocycles. The Morgan fingerprint density at radius 1 is 1.23 bits per heavy atom. The molecule has 0 aliphatic carbocycles. The maximum Gasteiger partial charge on any atom is 0.254 e. The Morgan fingerprint density at radius 3 is 2.47 bits per heavy atom. The van der Waals surface area contributed by atoms with Crippen molar-refractivity contribution < 1.29 is 26.7 Å². The zero-order chi connectivity index (χ0) is 22.1. The molecule has 0 bridgehead atoms. The molecule has 0 unspecified atom stereocenters. The molecule has 30 heavy (non-hydrogen) atoms. The number of pyridine rings is 1. The van der Waals surface area contributed by atoms with Crippen LogP contribution in [-0.2, 0) is 21.9 Å². The summed E-state index contributed by atoms with van der Waals surface area (Å²) >= 11 is 0. The van der Waals surface area contributed by atoms with E-state index in [2.05, 4.69) is 0 Å². The Kier molecular flexibility index (Phi) is 6.22. The van der Waals surface area contributed by atoms with Crippen LogP contribution in [0.4, 0.5) is 8.78 Å². The van der Waals surface area contributed by atoms with Gasteiger partial charge in [0.2, 0.25) is 15.9 Å². The minimum Gasteiger partial charge on any atom is -0.486 e. The first-order chi connectivity index (χ1) is 14.1. The van der Waals surface area contributed by atoms with Crippen LogP contribution in [0.15, 0.2) is 40.0 Å². The van der Waals surface area contributed by atoms with E-state index in [1.165, 1.54) is 15.5 Å². The fraction of sp³-hybridized carbons (Fsp3) is 0.368. The summed E-state index contributed by atoms with van der Waals surface area (Å²) < 4.78 is 60.7. The molecule has 1 aliphatic rings. The number of amides is 1. The summed E-state index contributed by atoms with van der Waals surface area (Å²) in [5.41, 5.74) is 0.541. The van der Waals surface area contributed by atoms with Crippen molar-refractivity contribution in [2.45, 2.75) is 24.3 Å². The van der Waals surface area contributed by atoms with Gasteiger partial charge in [-0.2, -0.15) is 0 Å². The van der Waals surface area contributed by atoms with Gasteiger partial charge in [0.05, 0.1) is 13.1 Å². The van der Waals surface area contributed by atoms with Gasteiger partial charge in [-0.3, -0.25) is 9.59 Å². The van der Waals surface area contributed by atoms with Gasteiger partial charge in [0, 0.05) is 31.8 Å². The highest BCUT2D eigenvalue weighted by Crippen LogP contribution is 2.19. The predicted octanol–water partition coefficient (Wildman–Crippen LogP) is 0.930. The molecule has 1 aliphatic heterocycles. The van der Waals surface area contributed by atoms with Gasteiger partial charge in [-0.1, -0.05) is 6.07 Å². The van der Waals surface area contributed by atoms with Crippen LogP contribution >= 0.6 is 0 Å². The highest BCUT2D eigenvalue weighted by atomic mass is 32.2. The number of aryl methyl sites for hydroxylation is 1. The molecule has 1 saturated heterocycles. The van der Waals surface area contributed by atoms with Gasteiger partial charge in [0.25, 0.3) is 5.56 Å². The van der Waals surface area contributed by atoms with Crippen LogP contribution in [0.1, 0.15) is 12.1 Å². The fourth-order valence-electron chi connectivity index (χ4n) is 2.98. The molecule has 162 valence electrons. The molecule has 11 heteroatoms. The molecule has 3 rings (SSSR count). The molecule has 1 aromatic heterocycles. The number of hydrogen-bond donors (Lipinski definition) is 1. The summed E-state index contributed by atoms with van der Waals surface area (Å²) in [4.78, 5) is 24.3. The molecule has 8 nitrogen and oxygen atoms in total. The van der Waals surface area contributed by atoms with Gasteiger partial charge in [-0.25, -0.2) is 21.9 Å². The van der Waals surface area contributed by atoms with Crippen LogP contribution in [0, 0.1) is 18.6 Å². The van der Waals surface area contributed by atoms with Gasteiger partial charge < -0.3 is 14.2 Å². The zero-order valence-corrected chi connectivity index (χ0v) is 17.2. The van der Waals surface area contributed by atoms with E-state index in [0.29, 0.717) is 18.8 Å². The van der Waals surface area contributed by atoms with E-state index < -0.39 is 26.6 Å². The number of ether oxygens (including phenoxy) is 1. The van der Waals surface area contributed by atoms with Crippen molar-refractivity contribution in [2.24, 2.45) is 7.05 Å². The second-order valence-corrected chi connectivity index (χ2v) is 8.67. The number of carbonyl (C=O) groups is 1. The number of aromatic nitrogens is 1. The lowest BCUT2D eigenvalue weighted by molar-refractivity contribution is -0.139. The van der Waals surface area contributed by atoms with Crippen molar-refractivity contribution >= 4 is 15.9 Å². The van der Waals surface area contributed by atoms with Crippen molar-refractivity contribution in [3.8, 4) is 5.75 Å². The Bertz CT molecular complexity index is 1110. The van der Waals surface area contributed by atoms with E-state index in [9.17, 15) is 26.8 Å². The first-order valence-corrected chi connectivity index (χ1v) is 10.6. The van der Waals surface area contributed by atoms with Gasteiger partial charge in [0.1, 0.15) is 23.5 Å². The largest absolute Gasteiger partial charge is 0.486 e. The first-order valence-electron chi connectivity index (χ1n) is 9.14. The third kappa shape index (κ3) is 4.68. The average Bonchev–Trinajstić information content (AvgIpc) is 2.61. The highest BCUT2D eigenvalue weighted by Gasteiger charge is 2.32. The topological polar surface area (TPSA) is 97.7 Å². The fourth-order valence-corrected chi connectivity index (χ4v) is 4.14. The highest BCUT2D eigenvalue weighted by molar-refractivity contribution is 7.89. The quantitative estimate of drug-likeness (QED) is 0.690. The van der Waals surface area contributed by atoms with Crippen molar-refractivity contribution in [2.75, 3.05) is 19.6 Å². The lowest BCUT2D eigenvalue weighted by atomic mass is 10.1. The third-order valence-electron chi connectivity index (χ3n) is 4.80. The minimum atomic E-state index is -4.42. The summed E-state index contributed by atoms with van der Waals surface area (Å²) in [6, 6.07) is 5.83. The number of benzene rings is 1. The lowest BCUT2D eigenvalue weighted by Crippen LogP contribution is -2.56. The SMILES string of the molecule is Cc1cc(OC2CN(C(=O)CCNS(=O)(=O)c3c(F)cccc3F)C2)cc(=O)n1C. The van der Waals surface area contributed by atoms with Gasteiger partial charge in [0.15, 0.2) is 4.90 Å². The number of nitrogens with one attached hydrogen (secondary N) is 1. The first kappa shape index (κ1) is 21.9. The van der Waals surface area contributed by atoms with Gasteiger partial charge in [-0.15, -0.1) is 0 Å². The van der Waals surface area contributed by atoms with E-state index in [1.807, 2.05) is 4.72 Å². The molecule has 0 radical (unpaired) electrons. The van der Waals surface area contributed by atoms with Crippen LogP contribution in [-0.4, -0.2) is 49.5 Å². The molecule has 1 aromatic carbocycles. The van der Waals surface area contributed by atoms with Crippen LogP contribution in [0.25, 0.3) is 0 Å². The van der Waals surface area contributed by atoms with Crippen LogP contribution in [0.5, 0.6) is 5.75 Å². The van der Waals surface area contributed by atoms with Crippen LogP contribution < -0.4 is 15.0 Å². The second-order valence-electron chi connectivity index (χ2n) is 6.97. The predicted molar refractivity (Wildman–Crippen MR) is 104 cm³/mol.